The molecule has 0 amide bonds. The molecule has 1 saturated heterocycles. The van der Waals surface area contributed by atoms with Crippen LogP contribution in [0.2, 0.25) is 0 Å². The van der Waals surface area contributed by atoms with E-state index in [1.807, 2.05) is 35.2 Å². The van der Waals surface area contributed by atoms with Gasteiger partial charge >= 0.3 is 5.97 Å². The number of hydrogen-bond acceptors (Lipinski definition) is 4. The van der Waals surface area contributed by atoms with Crippen LogP contribution in [0, 0.1) is 10.1 Å². The van der Waals surface area contributed by atoms with Crippen molar-refractivity contribution in [3.63, 3.8) is 0 Å². The molecule has 0 aliphatic carbocycles. The maximum Gasteiger partial charge on any atom is 0.324 e. The van der Waals surface area contributed by atoms with Crippen LogP contribution in [0.15, 0.2) is 30.3 Å². The molecule has 0 bridgehead atoms. The lowest BCUT2D eigenvalue weighted by molar-refractivity contribution is -0.482. The number of aliphatic carboxylic acids is 1. The SMILES string of the molecule is O=C(O)C1(CC[N+](=O)[O-])CCCN1Cc1ccccc1. The summed E-state index contributed by atoms with van der Waals surface area (Å²) in [5.74, 6) is -0.951. The molecular formula is C14H18N2O4. The number of rotatable bonds is 6. The number of likely N-dealkylation sites (tertiary alicyclic amines) is 1. The molecule has 0 radical (unpaired) electrons. The first kappa shape index (κ1) is 14.5. The Bertz CT molecular complexity index is 491. The fourth-order valence-electron chi connectivity index (χ4n) is 2.88. The van der Waals surface area contributed by atoms with Crippen molar-refractivity contribution in [1.82, 2.24) is 4.90 Å². The molecule has 1 fully saturated rings. The van der Waals surface area contributed by atoms with E-state index in [-0.39, 0.29) is 13.0 Å². The molecule has 1 atom stereocenters. The van der Waals surface area contributed by atoms with Crippen molar-refractivity contribution < 1.29 is 14.8 Å². The van der Waals surface area contributed by atoms with Gasteiger partial charge in [-0.15, -0.1) is 0 Å². The first-order chi connectivity index (χ1) is 9.54. The van der Waals surface area contributed by atoms with Crippen LogP contribution in [0.3, 0.4) is 0 Å². The summed E-state index contributed by atoms with van der Waals surface area (Å²) in [7, 11) is 0. The second-order valence-corrected chi connectivity index (χ2v) is 5.15. The molecule has 2 rings (SSSR count). The summed E-state index contributed by atoms with van der Waals surface area (Å²) in [5.41, 5.74) is -0.0655. The van der Waals surface area contributed by atoms with E-state index in [4.69, 9.17) is 0 Å². The van der Waals surface area contributed by atoms with Gasteiger partial charge in [0.1, 0.15) is 5.54 Å². The van der Waals surface area contributed by atoms with Gasteiger partial charge in [0.2, 0.25) is 6.54 Å². The highest BCUT2D eigenvalue weighted by Crippen LogP contribution is 2.34. The van der Waals surface area contributed by atoms with Crippen LogP contribution >= 0.6 is 0 Å². The minimum atomic E-state index is -1.09. The lowest BCUT2D eigenvalue weighted by atomic mass is 9.91. The van der Waals surface area contributed by atoms with Gasteiger partial charge in [0.15, 0.2) is 0 Å². The van der Waals surface area contributed by atoms with E-state index >= 15 is 0 Å². The maximum absolute atomic E-state index is 11.7. The lowest BCUT2D eigenvalue weighted by Crippen LogP contribution is -2.51. The van der Waals surface area contributed by atoms with Crippen LogP contribution < -0.4 is 0 Å². The Kier molecular flexibility index (Phi) is 4.34. The van der Waals surface area contributed by atoms with Crippen molar-refractivity contribution in [3.05, 3.63) is 46.0 Å². The summed E-state index contributed by atoms with van der Waals surface area (Å²) in [6, 6.07) is 9.61. The molecule has 1 aromatic carbocycles. The largest absolute Gasteiger partial charge is 0.480 e. The van der Waals surface area contributed by atoms with Gasteiger partial charge in [0, 0.05) is 17.9 Å². The third-order valence-corrected chi connectivity index (χ3v) is 3.95. The number of carbonyl (C=O) groups is 1. The number of carboxylic acids is 1. The second kappa shape index (κ2) is 6.00. The molecule has 1 aromatic rings. The van der Waals surface area contributed by atoms with Gasteiger partial charge in [-0.2, -0.15) is 0 Å². The first-order valence-corrected chi connectivity index (χ1v) is 6.69. The highest BCUT2D eigenvalue weighted by molar-refractivity contribution is 5.79. The van der Waals surface area contributed by atoms with E-state index in [2.05, 4.69) is 0 Å². The van der Waals surface area contributed by atoms with E-state index < -0.39 is 16.4 Å². The van der Waals surface area contributed by atoms with E-state index in [9.17, 15) is 20.0 Å². The van der Waals surface area contributed by atoms with Crippen LogP contribution in [0.4, 0.5) is 0 Å². The van der Waals surface area contributed by atoms with Gasteiger partial charge in [-0.3, -0.25) is 19.8 Å². The average Bonchev–Trinajstić information content (AvgIpc) is 2.82. The maximum atomic E-state index is 11.7. The van der Waals surface area contributed by atoms with Gasteiger partial charge in [-0.1, -0.05) is 30.3 Å². The van der Waals surface area contributed by atoms with Crippen molar-refractivity contribution in [2.75, 3.05) is 13.1 Å². The molecule has 1 heterocycles. The molecule has 0 spiro atoms. The first-order valence-electron chi connectivity index (χ1n) is 6.69. The van der Waals surface area contributed by atoms with Crippen LogP contribution in [-0.2, 0) is 11.3 Å². The van der Waals surface area contributed by atoms with Crippen molar-refractivity contribution >= 4 is 5.97 Å². The quantitative estimate of drug-likeness (QED) is 0.633. The summed E-state index contributed by atoms with van der Waals surface area (Å²) in [5, 5.41) is 20.1. The minimum absolute atomic E-state index is 0.0577. The van der Waals surface area contributed by atoms with Gasteiger partial charge in [0.25, 0.3) is 0 Å². The van der Waals surface area contributed by atoms with E-state index in [0.717, 1.165) is 12.0 Å². The molecule has 0 saturated carbocycles. The Balaban J connectivity index is 2.16. The van der Waals surface area contributed by atoms with E-state index in [1.165, 1.54) is 0 Å². The standard InChI is InChI=1S/C14H18N2O4/c17-13(18)14(8-10-16(19)20)7-4-9-15(14)11-12-5-2-1-3-6-12/h1-3,5-6H,4,7-11H2,(H,17,18). The molecule has 0 aromatic heterocycles. The van der Waals surface area contributed by atoms with Crippen LogP contribution in [0.1, 0.15) is 24.8 Å². The molecule has 1 N–H and O–H groups in total. The number of nitrogens with zero attached hydrogens (tertiary/aromatic N) is 2. The number of nitro groups is 1. The summed E-state index contributed by atoms with van der Waals surface area (Å²) in [6.07, 6.45) is 1.29. The fraction of sp³-hybridized carbons (Fsp3) is 0.500. The average molecular weight is 278 g/mol. The summed E-state index contributed by atoms with van der Waals surface area (Å²) >= 11 is 0. The monoisotopic (exact) mass is 278 g/mol. The number of carboxylic acid groups (broad SMARTS) is 1. The molecule has 108 valence electrons. The third-order valence-electron chi connectivity index (χ3n) is 3.95. The third kappa shape index (κ3) is 2.96. The highest BCUT2D eigenvalue weighted by atomic mass is 16.6. The van der Waals surface area contributed by atoms with E-state index in [0.29, 0.717) is 19.5 Å². The van der Waals surface area contributed by atoms with Crippen LogP contribution in [-0.4, -0.2) is 39.5 Å². The molecule has 1 aliphatic heterocycles. The molecule has 1 unspecified atom stereocenters. The summed E-state index contributed by atoms with van der Waals surface area (Å²) < 4.78 is 0. The Morgan fingerprint density at radius 1 is 1.40 bits per heavy atom. The highest BCUT2D eigenvalue weighted by Gasteiger charge is 2.48. The fourth-order valence-corrected chi connectivity index (χ4v) is 2.88. The number of hydrogen-bond donors (Lipinski definition) is 1. The Labute approximate surface area is 117 Å². The Hall–Kier alpha value is -1.95. The Morgan fingerprint density at radius 3 is 2.70 bits per heavy atom. The normalized spacial score (nSPS) is 22.8. The zero-order valence-electron chi connectivity index (χ0n) is 11.2. The van der Waals surface area contributed by atoms with Crippen molar-refractivity contribution in [1.29, 1.82) is 0 Å². The zero-order valence-corrected chi connectivity index (χ0v) is 11.2. The van der Waals surface area contributed by atoms with Crippen LogP contribution in [0.5, 0.6) is 0 Å². The number of benzene rings is 1. The zero-order chi connectivity index (χ0) is 14.6. The smallest absolute Gasteiger partial charge is 0.324 e. The minimum Gasteiger partial charge on any atom is -0.480 e. The predicted molar refractivity (Wildman–Crippen MR) is 72.9 cm³/mol. The second-order valence-electron chi connectivity index (χ2n) is 5.15. The molecule has 6 heteroatoms. The molecule has 1 aliphatic rings. The van der Waals surface area contributed by atoms with Crippen molar-refractivity contribution in [2.24, 2.45) is 0 Å². The molecule has 6 nitrogen and oxygen atoms in total. The van der Waals surface area contributed by atoms with Gasteiger partial charge in [0.05, 0.1) is 0 Å². The van der Waals surface area contributed by atoms with Gasteiger partial charge in [-0.05, 0) is 24.9 Å². The van der Waals surface area contributed by atoms with Crippen molar-refractivity contribution in [2.45, 2.75) is 31.3 Å². The van der Waals surface area contributed by atoms with Gasteiger partial charge in [-0.25, -0.2) is 0 Å². The van der Waals surface area contributed by atoms with Crippen LogP contribution in [0.25, 0.3) is 0 Å². The summed E-state index contributed by atoms with van der Waals surface area (Å²) in [6.45, 7) is 0.876. The lowest BCUT2D eigenvalue weighted by Gasteiger charge is -2.33. The topological polar surface area (TPSA) is 83.7 Å². The van der Waals surface area contributed by atoms with E-state index in [1.54, 1.807) is 0 Å². The molecular weight excluding hydrogens is 260 g/mol. The van der Waals surface area contributed by atoms with Gasteiger partial charge < -0.3 is 5.11 Å². The predicted octanol–water partition coefficient (Wildman–Crippen LogP) is 1.77. The molecule has 20 heavy (non-hydrogen) atoms. The Morgan fingerprint density at radius 2 is 2.10 bits per heavy atom. The van der Waals surface area contributed by atoms with Crippen molar-refractivity contribution in [3.8, 4) is 0 Å². The summed E-state index contributed by atoms with van der Waals surface area (Å²) in [4.78, 5) is 23.7.